The van der Waals surface area contributed by atoms with E-state index >= 15 is 0 Å². The molecule has 3 N–H and O–H groups in total. The van der Waals surface area contributed by atoms with E-state index < -0.39 is 6.10 Å². The third kappa shape index (κ3) is 3.46. The minimum absolute atomic E-state index is 0.252. The molecule has 1 aromatic carbocycles. The third-order valence-electron chi connectivity index (χ3n) is 1.67. The van der Waals surface area contributed by atoms with Gasteiger partial charge in [-0.2, -0.15) is 0 Å². The van der Waals surface area contributed by atoms with Crippen molar-refractivity contribution in [3.05, 3.63) is 27.7 Å². The number of aliphatic hydroxyl groups is 2. The molecule has 3 nitrogen and oxygen atoms in total. The second-order valence-electron chi connectivity index (χ2n) is 2.84. The van der Waals surface area contributed by atoms with Crippen LogP contribution >= 0.6 is 27.5 Å². The van der Waals surface area contributed by atoms with Crippen LogP contribution in [-0.2, 0) is 0 Å². The number of hydrogen-bond donors (Lipinski definition) is 3. The maximum Gasteiger partial charge on any atom is 0.0942 e. The second kappa shape index (κ2) is 5.56. The average molecular weight is 281 g/mol. The van der Waals surface area contributed by atoms with Crippen LogP contribution in [0.1, 0.15) is 0 Å². The van der Waals surface area contributed by atoms with Gasteiger partial charge in [0.15, 0.2) is 0 Å². The molecule has 0 saturated carbocycles. The molecule has 0 saturated heterocycles. The lowest BCUT2D eigenvalue weighted by atomic mass is 10.3. The summed E-state index contributed by atoms with van der Waals surface area (Å²) >= 11 is 9.09. The zero-order valence-electron chi connectivity index (χ0n) is 7.37. The van der Waals surface area contributed by atoms with Crippen molar-refractivity contribution in [1.29, 1.82) is 0 Å². The summed E-state index contributed by atoms with van der Waals surface area (Å²) in [6.45, 7) is 0.0505. The van der Waals surface area contributed by atoms with Crippen LogP contribution in [0.25, 0.3) is 0 Å². The minimum atomic E-state index is -0.752. The van der Waals surface area contributed by atoms with Crippen molar-refractivity contribution in [3.8, 4) is 0 Å². The smallest absolute Gasteiger partial charge is 0.0942 e. The van der Waals surface area contributed by atoms with E-state index in [1.165, 1.54) is 0 Å². The van der Waals surface area contributed by atoms with E-state index in [9.17, 15) is 0 Å². The average Bonchev–Trinajstić information content (AvgIpc) is 2.16. The Kier molecular flexibility index (Phi) is 4.68. The van der Waals surface area contributed by atoms with Crippen LogP contribution in [0.4, 0.5) is 5.69 Å². The molecule has 0 aromatic heterocycles. The van der Waals surface area contributed by atoms with Gasteiger partial charge < -0.3 is 15.5 Å². The van der Waals surface area contributed by atoms with Crippen LogP contribution in [0.3, 0.4) is 0 Å². The van der Waals surface area contributed by atoms with Crippen LogP contribution in [0.2, 0.25) is 5.02 Å². The molecular weight excluding hydrogens is 269 g/mol. The van der Waals surface area contributed by atoms with Gasteiger partial charge in [-0.05, 0) is 34.1 Å². The summed E-state index contributed by atoms with van der Waals surface area (Å²) in [5.41, 5.74) is 0.835. The highest BCUT2D eigenvalue weighted by molar-refractivity contribution is 9.10. The first-order valence-corrected chi connectivity index (χ1v) is 5.28. The van der Waals surface area contributed by atoms with E-state index in [1.54, 1.807) is 18.2 Å². The molecule has 0 aliphatic heterocycles. The summed E-state index contributed by atoms with van der Waals surface area (Å²) in [5.74, 6) is 0. The van der Waals surface area contributed by atoms with Crippen LogP contribution in [0, 0.1) is 0 Å². The Labute approximate surface area is 95.8 Å². The summed E-state index contributed by atoms with van der Waals surface area (Å²) in [6, 6.07) is 5.31. The SMILES string of the molecule is OC[C@@H](O)CNc1ccc(Cl)cc1Br. The van der Waals surface area contributed by atoms with Crippen molar-refractivity contribution in [1.82, 2.24) is 0 Å². The van der Waals surface area contributed by atoms with E-state index in [2.05, 4.69) is 21.2 Å². The number of halogens is 2. The van der Waals surface area contributed by atoms with Gasteiger partial charge in [-0.1, -0.05) is 11.6 Å². The van der Waals surface area contributed by atoms with Gasteiger partial charge in [0.05, 0.1) is 12.7 Å². The van der Waals surface area contributed by atoms with Gasteiger partial charge in [-0.3, -0.25) is 0 Å². The molecule has 0 amide bonds. The van der Waals surface area contributed by atoms with Crippen LogP contribution < -0.4 is 5.32 Å². The molecule has 0 aliphatic carbocycles. The van der Waals surface area contributed by atoms with E-state index in [0.717, 1.165) is 10.2 Å². The fourth-order valence-electron chi connectivity index (χ4n) is 0.925. The van der Waals surface area contributed by atoms with Crippen LogP contribution in [0.15, 0.2) is 22.7 Å². The lowest BCUT2D eigenvalue weighted by molar-refractivity contribution is 0.105. The van der Waals surface area contributed by atoms with Gasteiger partial charge in [-0.15, -0.1) is 0 Å². The molecule has 0 spiro atoms. The monoisotopic (exact) mass is 279 g/mol. The largest absolute Gasteiger partial charge is 0.394 e. The highest BCUT2D eigenvalue weighted by atomic mass is 79.9. The first kappa shape index (κ1) is 11.8. The molecule has 5 heteroatoms. The molecule has 0 aliphatic rings. The fourth-order valence-corrected chi connectivity index (χ4v) is 1.75. The quantitative estimate of drug-likeness (QED) is 0.789. The Morgan fingerprint density at radius 3 is 2.79 bits per heavy atom. The first-order chi connectivity index (χ1) is 6.63. The number of benzene rings is 1. The first-order valence-electron chi connectivity index (χ1n) is 4.11. The molecule has 78 valence electrons. The summed E-state index contributed by atoms with van der Waals surface area (Å²) in [6.07, 6.45) is -0.752. The van der Waals surface area contributed by atoms with Gasteiger partial charge >= 0.3 is 0 Å². The zero-order chi connectivity index (χ0) is 10.6. The maximum atomic E-state index is 9.11. The summed E-state index contributed by atoms with van der Waals surface area (Å²) in [5, 5.41) is 21.3. The van der Waals surface area contributed by atoms with Gasteiger partial charge in [0.25, 0.3) is 0 Å². The van der Waals surface area contributed by atoms with E-state index in [4.69, 9.17) is 21.8 Å². The number of anilines is 1. The van der Waals surface area contributed by atoms with Crippen LogP contribution in [-0.4, -0.2) is 29.5 Å². The Bertz CT molecular complexity index is 309. The fraction of sp³-hybridized carbons (Fsp3) is 0.333. The third-order valence-corrected chi connectivity index (χ3v) is 2.56. The van der Waals surface area contributed by atoms with Crippen molar-refractivity contribution >= 4 is 33.2 Å². The van der Waals surface area contributed by atoms with Crippen LogP contribution in [0.5, 0.6) is 0 Å². The molecule has 1 rings (SSSR count). The highest BCUT2D eigenvalue weighted by Crippen LogP contribution is 2.25. The van der Waals surface area contributed by atoms with E-state index in [1.807, 2.05) is 0 Å². The lowest BCUT2D eigenvalue weighted by Gasteiger charge is -2.11. The predicted molar refractivity (Wildman–Crippen MR) is 60.7 cm³/mol. The zero-order valence-corrected chi connectivity index (χ0v) is 9.72. The number of nitrogens with one attached hydrogen (secondary N) is 1. The van der Waals surface area contributed by atoms with Gasteiger partial charge in [0.2, 0.25) is 0 Å². The molecule has 1 aromatic rings. The van der Waals surface area contributed by atoms with Crippen molar-refractivity contribution in [3.63, 3.8) is 0 Å². The molecule has 0 fully saturated rings. The van der Waals surface area contributed by atoms with Gasteiger partial charge in [0, 0.05) is 21.7 Å². The van der Waals surface area contributed by atoms with Gasteiger partial charge in [0.1, 0.15) is 0 Å². The maximum absolute atomic E-state index is 9.11. The van der Waals surface area contributed by atoms with E-state index in [0.29, 0.717) is 11.6 Å². The Morgan fingerprint density at radius 1 is 1.50 bits per heavy atom. The Balaban J connectivity index is 2.59. The minimum Gasteiger partial charge on any atom is -0.394 e. The van der Waals surface area contributed by atoms with Crippen molar-refractivity contribution in [2.75, 3.05) is 18.5 Å². The predicted octanol–water partition coefficient (Wildman–Crippen LogP) is 1.87. The Morgan fingerprint density at radius 2 is 2.21 bits per heavy atom. The highest BCUT2D eigenvalue weighted by Gasteiger charge is 2.03. The van der Waals surface area contributed by atoms with Crippen molar-refractivity contribution in [2.24, 2.45) is 0 Å². The number of aliphatic hydroxyl groups excluding tert-OH is 2. The topological polar surface area (TPSA) is 52.5 Å². The summed E-state index contributed by atoms with van der Waals surface area (Å²) in [7, 11) is 0. The Hall–Kier alpha value is -0.290. The molecule has 0 unspecified atom stereocenters. The summed E-state index contributed by atoms with van der Waals surface area (Å²) in [4.78, 5) is 0. The van der Waals surface area contributed by atoms with Crippen molar-refractivity contribution in [2.45, 2.75) is 6.10 Å². The normalized spacial score (nSPS) is 12.6. The summed E-state index contributed by atoms with van der Waals surface area (Å²) < 4.78 is 0.829. The standard InChI is InChI=1S/C9H11BrClNO2/c10-8-3-6(11)1-2-9(8)12-4-7(14)5-13/h1-3,7,12-14H,4-5H2/t7-/m0/s1. The van der Waals surface area contributed by atoms with E-state index in [-0.39, 0.29) is 6.61 Å². The molecule has 0 heterocycles. The molecular formula is C9H11BrClNO2. The molecule has 14 heavy (non-hydrogen) atoms. The molecule has 1 atom stereocenters. The molecule has 0 bridgehead atoms. The second-order valence-corrected chi connectivity index (χ2v) is 4.13. The lowest BCUT2D eigenvalue weighted by Crippen LogP contribution is -2.23. The molecule has 0 radical (unpaired) electrons. The number of hydrogen-bond acceptors (Lipinski definition) is 3. The number of rotatable bonds is 4. The van der Waals surface area contributed by atoms with Crippen molar-refractivity contribution < 1.29 is 10.2 Å². The van der Waals surface area contributed by atoms with Gasteiger partial charge in [-0.25, -0.2) is 0 Å².